The average molecular weight is 252 g/mol. The Morgan fingerprint density at radius 2 is 2.11 bits per heavy atom. The number of nitrogens with two attached hydrogens (primary N) is 1. The third-order valence-corrected chi connectivity index (χ3v) is 5.01. The van der Waals surface area contributed by atoms with Gasteiger partial charge in [0.2, 0.25) is 5.91 Å². The SMILES string of the molecule is CC1CCCC(N)C1C(=O)NC1CC2CCC1O2. The second-order valence-corrected chi connectivity index (χ2v) is 6.32. The summed E-state index contributed by atoms with van der Waals surface area (Å²) in [4.78, 5) is 12.4. The summed E-state index contributed by atoms with van der Waals surface area (Å²) in [6.07, 6.45) is 7.16. The number of rotatable bonds is 2. The van der Waals surface area contributed by atoms with Gasteiger partial charge in [-0.2, -0.15) is 0 Å². The molecule has 3 fully saturated rings. The van der Waals surface area contributed by atoms with Crippen LogP contribution in [0.2, 0.25) is 0 Å². The third-order valence-electron chi connectivity index (χ3n) is 5.01. The van der Waals surface area contributed by atoms with Crippen molar-refractivity contribution in [1.82, 2.24) is 5.32 Å². The minimum absolute atomic E-state index is 0.00197. The zero-order valence-electron chi connectivity index (χ0n) is 11.1. The maximum Gasteiger partial charge on any atom is 0.225 e. The molecule has 1 aliphatic carbocycles. The van der Waals surface area contributed by atoms with Gasteiger partial charge >= 0.3 is 0 Å². The number of carbonyl (C=O) groups excluding carboxylic acids is 1. The number of carbonyl (C=O) groups is 1. The quantitative estimate of drug-likeness (QED) is 0.776. The van der Waals surface area contributed by atoms with Crippen LogP contribution in [0, 0.1) is 11.8 Å². The van der Waals surface area contributed by atoms with Gasteiger partial charge in [-0.3, -0.25) is 4.79 Å². The van der Waals surface area contributed by atoms with Gasteiger partial charge < -0.3 is 15.8 Å². The molecule has 0 spiro atoms. The molecule has 2 heterocycles. The first kappa shape index (κ1) is 12.4. The van der Waals surface area contributed by atoms with Gasteiger partial charge in [-0.25, -0.2) is 0 Å². The van der Waals surface area contributed by atoms with E-state index in [2.05, 4.69) is 12.2 Å². The van der Waals surface area contributed by atoms with Crippen molar-refractivity contribution in [3.8, 4) is 0 Å². The lowest BCUT2D eigenvalue weighted by molar-refractivity contribution is -0.129. The van der Waals surface area contributed by atoms with Crippen LogP contribution in [0.3, 0.4) is 0 Å². The fourth-order valence-electron chi connectivity index (χ4n) is 3.98. The molecule has 3 N–H and O–H groups in total. The van der Waals surface area contributed by atoms with Crippen LogP contribution >= 0.6 is 0 Å². The molecule has 6 atom stereocenters. The van der Waals surface area contributed by atoms with Crippen molar-refractivity contribution in [3.05, 3.63) is 0 Å². The predicted molar refractivity (Wildman–Crippen MR) is 68.9 cm³/mol. The maximum absolute atomic E-state index is 12.4. The molecule has 0 aromatic carbocycles. The van der Waals surface area contributed by atoms with Crippen molar-refractivity contribution in [2.75, 3.05) is 0 Å². The van der Waals surface area contributed by atoms with Crippen LogP contribution in [0.25, 0.3) is 0 Å². The Labute approximate surface area is 109 Å². The summed E-state index contributed by atoms with van der Waals surface area (Å²) in [5.74, 6) is 0.571. The molecule has 1 amide bonds. The van der Waals surface area contributed by atoms with E-state index in [4.69, 9.17) is 10.5 Å². The van der Waals surface area contributed by atoms with Crippen LogP contribution in [-0.4, -0.2) is 30.2 Å². The predicted octanol–water partition coefficient (Wildman–Crippen LogP) is 1.19. The molecule has 2 aliphatic heterocycles. The molecule has 6 unspecified atom stereocenters. The van der Waals surface area contributed by atoms with Gasteiger partial charge in [0.15, 0.2) is 0 Å². The van der Waals surface area contributed by atoms with E-state index in [-0.39, 0.29) is 30.0 Å². The molecule has 1 saturated carbocycles. The summed E-state index contributed by atoms with van der Waals surface area (Å²) >= 11 is 0. The maximum atomic E-state index is 12.4. The van der Waals surface area contributed by atoms with Gasteiger partial charge in [0.1, 0.15) is 0 Å². The second-order valence-electron chi connectivity index (χ2n) is 6.32. The Hall–Kier alpha value is -0.610. The molecule has 3 rings (SSSR count). The highest BCUT2D eigenvalue weighted by molar-refractivity contribution is 5.80. The van der Waals surface area contributed by atoms with Crippen molar-refractivity contribution < 1.29 is 9.53 Å². The molecule has 4 heteroatoms. The molecule has 0 radical (unpaired) electrons. The highest BCUT2D eigenvalue weighted by atomic mass is 16.5. The van der Waals surface area contributed by atoms with Crippen LogP contribution in [-0.2, 0) is 9.53 Å². The van der Waals surface area contributed by atoms with Crippen molar-refractivity contribution in [3.63, 3.8) is 0 Å². The Morgan fingerprint density at radius 3 is 2.72 bits per heavy atom. The van der Waals surface area contributed by atoms with E-state index in [1.807, 2.05) is 0 Å². The van der Waals surface area contributed by atoms with Crippen molar-refractivity contribution in [2.45, 2.75) is 69.7 Å². The third kappa shape index (κ3) is 2.16. The van der Waals surface area contributed by atoms with E-state index < -0.39 is 0 Å². The van der Waals surface area contributed by atoms with Gasteiger partial charge in [-0.05, 0) is 38.0 Å². The number of hydrogen-bond donors (Lipinski definition) is 2. The van der Waals surface area contributed by atoms with Gasteiger partial charge in [0.25, 0.3) is 0 Å². The first-order chi connectivity index (χ1) is 8.65. The summed E-state index contributed by atoms with van der Waals surface area (Å²) < 4.78 is 5.78. The van der Waals surface area contributed by atoms with Gasteiger partial charge in [-0.15, -0.1) is 0 Å². The fraction of sp³-hybridized carbons (Fsp3) is 0.929. The van der Waals surface area contributed by atoms with Crippen LogP contribution in [0.5, 0.6) is 0 Å². The number of nitrogens with one attached hydrogen (secondary N) is 1. The van der Waals surface area contributed by atoms with E-state index in [1.54, 1.807) is 0 Å². The molecule has 4 nitrogen and oxygen atoms in total. The molecule has 18 heavy (non-hydrogen) atoms. The van der Waals surface area contributed by atoms with Gasteiger partial charge in [0, 0.05) is 6.04 Å². The number of ether oxygens (including phenoxy) is 1. The van der Waals surface area contributed by atoms with Crippen LogP contribution in [0.1, 0.15) is 45.4 Å². The Balaban J connectivity index is 1.60. The summed E-state index contributed by atoms with van der Waals surface area (Å²) in [5.41, 5.74) is 6.13. The Morgan fingerprint density at radius 1 is 1.28 bits per heavy atom. The fourth-order valence-corrected chi connectivity index (χ4v) is 3.98. The Bertz CT molecular complexity index is 324. The topological polar surface area (TPSA) is 64.4 Å². The summed E-state index contributed by atoms with van der Waals surface area (Å²) in [6.45, 7) is 2.15. The van der Waals surface area contributed by atoms with Crippen LogP contribution in [0.15, 0.2) is 0 Å². The zero-order chi connectivity index (χ0) is 12.7. The molecule has 2 bridgehead atoms. The molecule has 0 aromatic heterocycles. The standard InChI is InChI=1S/C14H24N2O2/c1-8-3-2-4-10(15)13(8)14(17)16-11-7-9-5-6-12(11)18-9/h8-13H,2-7,15H2,1H3,(H,16,17). The lowest BCUT2D eigenvalue weighted by Gasteiger charge is -2.34. The summed E-state index contributed by atoms with van der Waals surface area (Å²) in [7, 11) is 0. The largest absolute Gasteiger partial charge is 0.373 e. The number of amides is 1. The molecule has 3 aliphatic rings. The monoisotopic (exact) mass is 252 g/mol. The highest BCUT2D eigenvalue weighted by Crippen LogP contribution is 2.35. The van der Waals surface area contributed by atoms with E-state index >= 15 is 0 Å². The van der Waals surface area contributed by atoms with Crippen LogP contribution in [0.4, 0.5) is 0 Å². The number of fused-ring (bicyclic) bond motifs is 2. The molecule has 0 aromatic rings. The Kier molecular flexibility index (Phi) is 3.32. The van der Waals surface area contributed by atoms with Crippen molar-refractivity contribution in [1.29, 1.82) is 0 Å². The lowest BCUT2D eigenvalue weighted by atomic mass is 9.76. The normalized spacial score (nSPS) is 47.2. The smallest absolute Gasteiger partial charge is 0.225 e. The van der Waals surface area contributed by atoms with E-state index in [9.17, 15) is 4.79 Å². The lowest BCUT2D eigenvalue weighted by Crippen LogP contribution is -2.51. The molecular formula is C14H24N2O2. The first-order valence-corrected chi connectivity index (χ1v) is 7.36. The zero-order valence-corrected chi connectivity index (χ0v) is 11.1. The van der Waals surface area contributed by atoms with Gasteiger partial charge in [-0.1, -0.05) is 13.3 Å². The molecule has 102 valence electrons. The average Bonchev–Trinajstić information content (AvgIpc) is 2.90. The van der Waals surface area contributed by atoms with E-state index in [1.165, 1.54) is 0 Å². The first-order valence-electron chi connectivity index (χ1n) is 7.36. The van der Waals surface area contributed by atoms with E-state index in [0.29, 0.717) is 12.0 Å². The van der Waals surface area contributed by atoms with E-state index in [0.717, 1.165) is 38.5 Å². The highest BCUT2D eigenvalue weighted by Gasteiger charge is 2.43. The van der Waals surface area contributed by atoms with Crippen molar-refractivity contribution >= 4 is 5.91 Å². The van der Waals surface area contributed by atoms with Gasteiger partial charge in [0.05, 0.1) is 24.2 Å². The molecule has 2 saturated heterocycles. The van der Waals surface area contributed by atoms with Crippen molar-refractivity contribution in [2.24, 2.45) is 17.6 Å². The summed E-state index contributed by atoms with van der Waals surface area (Å²) in [6, 6.07) is 0.269. The second kappa shape index (κ2) is 4.82. The minimum Gasteiger partial charge on any atom is -0.373 e. The number of hydrogen-bond acceptors (Lipinski definition) is 3. The summed E-state index contributed by atoms with van der Waals surface area (Å²) in [5, 5.41) is 3.20. The minimum atomic E-state index is -0.00197. The molecular weight excluding hydrogens is 228 g/mol. The van der Waals surface area contributed by atoms with Crippen LogP contribution < -0.4 is 11.1 Å².